The highest BCUT2D eigenvalue weighted by atomic mass is 16.3. The number of allylic oxidation sites excluding steroid dienone is 3. The number of Topliss-reactive ketones (excluding diaryl/α,β-unsaturated/α-hetero) is 1. The van der Waals surface area contributed by atoms with Gasteiger partial charge in [-0.1, -0.05) is 32.4 Å². The maximum absolute atomic E-state index is 12.2. The highest BCUT2D eigenvalue weighted by Crippen LogP contribution is 2.66. The standard InChI is InChI=1S/C22H30O3/c1-13-10-15(24)11-14-4-5-16-17-6-7-19(20(25)12-23)21(17,2)9-8-18(16)22(13,14)3/h7,11,13,16-18,23H,4-6,8-10,12H2,1-3H3/t13-,16-,17-,18-,21-,22-/m0/s1. The summed E-state index contributed by atoms with van der Waals surface area (Å²) in [7, 11) is 0. The Hall–Kier alpha value is -1.22. The van der Waals surface area contributed by atoms with Gasteiger partial charge < -0.3 is 5.11 Å². The van der Waals surface area contributed by atoms with Crippen molar-refractivity contribution in [2.75, 3.05) is 6.61 Å². The van der Waals surface area contributed by atoms with Crippen LogP contribution in [-0.2, 0) is 9.59 Å². The van der Waals surface area contributed by atoms with E-state index in [1.54, 1.807) is 0 Å². The first-order chi connectivity index (χ1) is 11.8. The molecule has 0 radical (unpaired) electrons. The molecule has 0 aromatic carbocycles. The van der Waals surface area contributed by atoms with E-state index in [1.807, 2.05) is 6.08 Å². The van der Waals surface area contributed by atoms with Crippen LogP contribution >= 0.6 is 0 Å². The summed E-state index contributed by atoms with van der Waals surface area (Å²) in [4.78, 5) is 24.3. The molecule has 0 amide bonds. The molecule has 2 fully saturated rings. The van der Waals surface area contributed by atoms with E-state index < -0.39 is 0 Å². The third-order valence-corrected chi connectivity index (χ3v) is 8.54. The first kappa shape index (κ1) is 17.2. The van der Waals surface area contributed by atoms with Crippen molar-refractivity contribution < 1.29 is 14.7 Å². The van der Waals surface area contributed by atoms with E-state index in [1.165, 1.54) is 5.57 Å². The number of rotatable bonds is 2. The van der Waals surface area contributed by atoms with E-state index in [0.717, 1.165) is 37.7 Å². The lowest BCUT2D eigenvalue weighted by atomic mass is 9.45. The van der Waals surface area contributed by atoms with Crippen LogP contribution in [0.3, 0.4) is 0 Å². The van der Waals surface area contributed by atoms with Crippen LogP contribution in [0.25, 0.3) is 0 Å². The van der Waals surface area contributed by atoms with Gasteiger partial charge in [0.2, 0.25) is 0 Å². The quantitative estimate of drug-likeness (QED) is 0.829. The summed E-state index contributed by atoms with van der Waals surface area (Å²) in [5.74, 6) is 2.38. The van der Waals surface area contributed by atoms with Gasteiger partial charge in [0.15, 0.2) is 11.6 Å². The molecular formula is C22H30O3. The second kappa shape index (κ2) is 5.64. The number of ketones is 2. The molecule has 4 aliphatic carbocycles. The van der Waals surface area contributed by atoms with Gasteiger partial charge in [-0.2, -0.15) is 0 Å². The van der Waals surface area contributed by atoms with Gasteiger partial charge in [-0.25, -0.2) is 0 Å². The largest absolute Gasteiger partial charge is 0.388 e. The summed E-state index contributed by atoms with van der Waals surface area (Å²) in [6.07, 6.45) is 10.0. The van der Waals surface area contributed by atoms with Crippen molar-refractivity contribution in [2.45, 2.75) is 59.3 Å². The van der Waals surface area contributed by atoms with Crippen molar-refractivity contribution >= 4 is 11.6 Å². The Morgan fingerprint density at radius 1 is 1.28 bits per heavy atom. The molecule has 0 aliphatic heterocycles. The number of fused-ring (bicyclic) bond motifs is 5. The highest BCUT2D eigenvalue weighted by Gasteiger charge is 2.59. The molecule has 25 heavy (non-hydrogen) atoms. The molecule has 0 aromatic heterocycles. The summed E-state index contributed by atoms with van der Waals surface area (Å²) < 4.78 is 0. The Bertz CT molecular complexity index is 687. The SMILES string of the molecule is C[C@H]1CC(=O)C=C2CC[C@@H]3[C@H](CC[C@]4(C)C(C(=O)CO)=CC[C@@H]34)[C@]21C. The predicted molar refractivity (Wildman–Crippen MR) is 96.8 cm³/mol. The Labute approximate surface area is 150 Å². The number of aliphatic hydroxyl groups is 1. The predicted octanol–water partition coefficient (Wildman–Crippen LogP) is 3.86. The van der Waals surface area contributed by atoms with Gasteiger partial charge in [-0.05, 0) is 78.3 Å². The van der Waals surface area contributed by atoms with Gasteiger partial charge in [0.05, 0.1) is 0 Å². The lowest BCUT2D eigenvalue weighted by Crippen LogP contribution is -2.53. The molecule has 136 valence electrons. The highest BCUT2D eigenvalue weighted by molar-refractivity contribution is 5.98. The van der Waals surface area contributed by atoms with Gasteiger partial charge in [-0.3, -0.25) is 9.59 Å². The molecule has 6 atom stereocenters. The molecule has 2 saturated carbocycles. The van der Waals surface area contributed by atoms with Crippen LogP contribution in [0.1, 0.15) is 59.3 Å². The minimum absolute atomic E-state index is 0.0632. The monoisotopic (exact) mass is 342 g/mol. The Kier molecular flexibility index (Phi) is 3.88. The molecule has 0 saturated heterocycles. The normalized spacial score (nSPS) is 45.8. The molecule has 3 nitrogen and oxygen atoms in total. The fourth-order valence-corrected chi connectivity index (χ4v) is 7.03. The van der Waals surface area contributed by atoms with E-state index in [-0.39, 0.29) is 23.2 Å². The zero-order valence-corrected chi connectivity index (χ0v) is 15.7. The summed E-state index contributed by atoms with van der Waals surface area (Å²) in [6.45, 7) is 6.54. The first-order valence-electron chi connectivity index (χ1n) is 9.91. The van der Waals surface area contributed by atoms with Gasteiger partial charge >= 0.3 is 0 Å². The topological polar surface area (TPSA) is 54.4 Å². The van der Waals surface area contributed by atoms with E-state index in [4.69, 9.17) is 0 Å². The summed E-state index contributed by atoms with van der Waals surface area (Å²) in [5, 5.41) is 9.36. The second-order valence-corrected chi connectivity index (χ2v) is 9.33. The van der Waals surface area contributed by atoms with Crippen molar-refractivity contribution in [2.24, 2.45) is 34.5 Å². The molecule has 1 N–H and O–H groups in total. The smallest absolute Gasteiger partial charge is 0.184 e. The van der Waals surface area contributed by atoms with Crippen LogP contribution in [0.5, 0.6) is 0 Å². The number of aliphatic hydroxyl groups excluding tert-OH is 1. The minimum atomic E-state index is -0.369. The van der Waals surface area contributed by atoms with Crippen LogP contribution in [0.2, 0.25) is 0 Å². The lowest BCUT2D eigenvalue weighted by molar-refractivity contribution is -0.123. The molecule has 0 bridgehead atoms. The molecule has 4 rings (SSSR count). The van der Waals surface area contributed by atoms with Gasteiger partial charge in [0.25, 0.3) is 0 Å². The number of hydrogen-bond donors (Lipinski definition) is 1. The van der Waals surface area contributed by atoms with E-state index in [0.29, 0.717) is 35.9 Å². The molecular weight excluding hydrogens is 312 g/mol. The van der Waals surface area contributed by atoms with Crippen molar-refractivity contribution in [3.63, 3.8) is 0 Å². The zero-order valence-electron chi connectivity index (χ0n) is 15.7. The average molecular weight is 342 g/mol. The van der Waals surface area contributed by atoms with Crippen LogP contribution in [0.4, 0.5) is 0 Å². The van der Waals surface area contributed by atoms with Crippen LogP contribution in [0.15, 0.2) is 23.3 Å². The molecule has 0 aromatic rings. The van der Waals surface area contributed by atoms with Crippen LogP contribution in [-0.4, -0.2) is 23.3 Å². The molecule has 0 unspecified atom stereocenters. The maximum atomic E-state index is 12.2. The average Bonchev–Trinajstić information content (AvgIpc) is 2.93. The molecule has 3 heteroatoms. The summed E-state index contributed by atoms with van der Waals surface area (Å²) in [5.41, 5.74) is 2.35. The van der Waals surface area contributed by atoms with Crippen molar-refractivity contribution in [3.05, 3.63) is 23.3 Å². The summed E-state index contributed by atoms with van der Waals surface area (Å²) >= 11 is 0. The zero-order chi connectivity index (χ0) is 18.0. The fraction of sp³-hybridized carbons (Fsp3) is 0.727. The summed E-state index contributed by atoms with van der Waals surface area (Å²) in [6, 6.07) is 0. The van der Waals surface area contributed by atoms with Crippen molar-refractivity contribution in [3.8, 4) is 0 Å². The van der Waals surface area contributed by atoms with Gasteiger partial charge in [0, 0.05) is 6.42 Å². The maximum Gasteiger partial charge on any atom is 0.184 e. The van der Waals surface area contributed by atoms with Gasteiger partial charge in [0.1, 0.15) is 6.61 Å². The first-order valence-corrected chi connectivity index (χ1v) is 9.91. The molecule has 0 spiro atoms. The van der Waals surface area contributed by atoms with Crippen molar-refractivity contribution in [1.29, 1.82) is 0 Å². The lowest BCUT2D eigenvalue weighted by Gasteiger charge is -2.59. The molecule has 0 heterocycles. The number of carbonyl (C=O) groups excluding carboxylic acids is 2. The minimum Gasteiger partial charge on any atom is -0.388 e. The Morgan fingerprint density at radius 3 is 2.76 bits per heavy atom. The van der Waals surface area contributed by atoms with E-state index >= 15 is 0 Å². The number of hydrogen-bond acceptors (Lipinski definition) is 3. The Balaban J connectivity index is 1.68. The number of carbonyl (C=O) groups is 2. The Morgan fingerprint density at radius 2 is 2.04 bits per heavy atom. The second-order valence-electron chi connectivity index (χ2n) is 9.33. The van der Waals surface area contributed by atoms with Gasteiger partial charge in [-0.15, -0.1) is 0 Å². The third kappa shape index (κ3) is 2.21. The molecule has 4 aliphatic rings. The van der Waals surface area contributed by atoms with Crippen molar-refractivity contribution in [1.82, 2.24) is 0 Å². The van der Waals surface area contributed by atoms with Crippen LogP contribution < -0.4 is 0 Å². The third-order valence-electron chi connectivity index (χ3n) is 8.54. The van der Waals surface area contributed by atoms with E-state index in [9.17, 15) is 14.7 Å². The van der Waals surface area contributed by atoms with E-state index in [2.05, 4.69) is 26.8 Å². The van der Waals surface area contributed by atoms with Crippen LogP contribution in [0, 0.1) is 34.5 Å². The fourth-order valence-electron chi connectivity index (χ4n) is 7.03.